The normalized spacial score (nSPS) is 12.1. The molecule has 1 aliphatic rings. The Kier molecular flexibility index (Phi) is 3.92. The summed E-state index contributed by atoms with van der Waals surface area (Å²) in [5.74, 6) is -0.772. The van der Waals surface area contributed by atoms with Gasteiger partial charge in [-0.2, -0.15) is 0 Å². The predicted octanol–water partition coefficient (Wildman–Crippen LogP) is 3.70. The number of hydrogen-bond donors (Lipinski definition) is 1. The minimum absolute atomic E-state index is 0.0407. The molecule has 4 rings (SSSR count). The molecule has 5 nitrogen and oxygen atoms in total. The maximum atomic E-state index is 12.9. The van der Waals surface area contributed by atoms with Crippen LogP contribution in [0.3, 0.4) is 0 Å². The number of aromatic amines is 1. The Hall–Kier alpha value is -3.21. The summed E-state index contributed by atoms with van der Waals surface area (Å²) in [4.78, 5) is 40.9. The van der Waals surface area contributed by atoms with Crippen LogP contribution >= 0.6 is 0 Å². The number of rotatable bonds is 4. The van der Waals surface area contributed by atoms with Crippen LogP contribution in [0.5, 0.6) is 0 Å². The lowest BCUT2D eigenvalue weighted by Crippen LogP contribution is -2.24. The molecular formula is C21H17NO4. The molecule has 1 heterocycles. The molecule has 0 saturated carbocycles. The number of aromatic nitrogens is 1. The highest BCUT2D eigenvalue weighted by Crippen LogP contribution is 2.39. The fourth-order valence-corrected chi connectivity index (χ4v) is 3.43. The molecule has 1 N–H and O–H groups in total. The van der Waals surface area contributed by atoms with Gasteiger partial charge in [-0.05, 0) is 18.1 Å². The van der Waals surface area contributed by atoms with Crippen LogP contribution in [0.25, 0.3) is 22.0 Å². The second-order valence-corrected chi connectivity index (χ2v) is 6.30. The molecule has 0 bridgehead atoms. The number of benzene rings is 2. The third-order valence-corrected chi connectivity index (χ3v) is 4.66. The van der Waals surface area contributed by atoms with Gasteiger partial charge in [0.1, 0.15) is 5.56 Å². The first-order valence-corrected chi connectivity index (χ1v) is 8.63. The Morgan fingerprint density at radius 1 is 1.00 bits per heavy atom. The zero-order chi connectivity index (χ0) is 18.3. The maximum absolute atomic E-state index is 12.9. The van der Waals surface area contributed by atoms with Crippen LogP contribution in [-0.4, -0.2) is 23.3 Å². The van der Waals surface area contributed by atoms with Crippen LogP contribution in [-0.2, 0) is 4.74 Å². The number of nitrogens with one attached hydrogen (secondary N) is 1. The third-order valence-electron chi connectivity index (χ3n) is 4.66. The number of carbonyl (C=O) groups excluding carboxylic acids is 2. The monoisotopic (exact) mass is 347 g/mol. The molecule has 130 valence electrons. The van der Waals surface area contributed by atoms with E-state index in [0.717, 1.165) is 12.8 Å². The van der Waals surface area contributed by atoms with E-state index in [0.29, 0.717) is 33.2 Å². The number of H-pyrrole nitrogens is 1. The van der Waals surface area contributed by atoms with Crippen LogP contribution in [0.15, 0.2) is 47.3 Å². The minimum atomic E-state index is -0.657. The first kappa shape index (κ1) is 16.3. The molecule has 1 aliphatic carbocycles. The summed E-state index contributed by atoms with van der Waals surface area (Å²) in [5, 5.41) is 0.596. The van der Waals surface area contributed by atoms with Crippen molar-refractivity contribution in [3.05, 3.63) is 69.5 Å². The van der Waals surface area contributed by atoms with Crippen molar-refractivity contribution in [1.29, 1.82) is 0 Å². The number of esters is 1. The van der Waals surface area contributed by atoms with Crippen molar-refractivity contribution < 1.29 is 14.3 Å². The fourth-order valence-electron chi connectivity index (χ4n) is 3.43. The van der Waals surface area contributed by atoms with Crippen molar-refractivity contribution in [2.24, 2.45) is 0 Å². The largest absolute Gasteiger partial charge is 0.462 e. The second-order valence-electron chi connectivity index (χ2n) is 6.30. The summed E-state index contributed by atoms with van der Waals surface area (Å²) in [7, 11) is 0. The quantitative estimate of drug-likeness (QED) is 0.451. The lowest BCUT2D eigenvalue weighted by molar-refractivity contribution is 0.0498. The summed E-state index contributed by atoms with van der Waals surface area (Å²) in [6, 6.07) is 12.2. The Bertz CT molecular complexity index is 1110. The van der Waals surface area contributed by atoms with Crippen LogP contribution in [0, 0.1) is 0 Å². The van der Waals surface area contributed by atoms with Crippen LogP contribution < -0.4 is 5.56 Å². The summed E-state index contributed by atoms with van der Waals surface area (Å²) >= 11 is 0. The van der Waals surface area contributed by atoms with E-state index >= 15 is 0 Å². The van der Waals surface area contributed by atoms with Gasteiger partial charge in [-0.1, -0.05) is 49.7 Å². The smallest absolute Gasteiger partial charge is 0.344 e. The van der Waals surface area contributed by atoms with Gasteiger partial charge in [0.25, 0.3) is 5.56 Å². The predicted molar refractivity (Wildman–Crippen MR) is 98.6 cm³/mol. The highest BCUT2D eigenvalue weighted by molar-refractivity contribution is 6.27. The van der Waals surface area contributed by atoms with Crippen molar-refractivity contribution in [2.45, 2.75) is 19.8 Å². The summed E-state index contributed by atoms with van der Waals surface area (Å²) in [6.07, 6.45) is 1.61. The number of carbonyl (C=O) groups is 2. The number of ketones is 1. The highest BCUT2D eigenvalue weighted by Gasteiger charge is 2.31. The molecule has 0 aliphatic heterocycles. The topological polar surface area (TPSA) is 76.2 Å². The van der Waals surface area contributed by atoms with Gasteiger partial charge in [-0.15, -0.1) is 0 Å². The zero-order valence-corrected chi connectivity index (χ0v) is 14.3. The molecule has 5 heteroatoms. The van der Waals surface area contributed by atoms with Gasteiger partial charge in [0.15, 0.2) is 5.78 Å². The third kappa shape index (κ3) is 2.36. The van der Waals surface area contributed by atoms with Crippen molar-refractivity contribution in [1.82, 2.24) is 4.98 Å². The Balaban J connectivity index is 2.05. The first-order valence-electron chi connectivity index (χ1n) is 8.63. The van der Waals surface area contributed by atoms with E-state index in [2.05, 4.69) is 4.98 Å². The summed E-state index contributed by atoms with van der Waals surface area (Å²) in [6.45, 7) is 2.25. The van der Waals surface area contributed by atoms with E-state index in [9.17, 15) is 14.4 Å². The van der Waals surface area contributed by atoms with E-state index in [1.54, 1.807) is 42.5 Å². The number of fused-ring (bicyclic) bond motifs is 2. The van der Waals surface area contributed by atoms with Gasteiger partial charge in [0, 0.05) is 27.6 Å². The fraction of sp³-hybridized carbons (Fsp3) is 0.190. The maximum Gasteiger partial charge on any atom is 0.344 e. The molecule has 1 aromatic heterocycles. The van der Waals surface area contributed by atoms with E-state index in [1.165, 1.54) is 0 Å². The van der Waals surface area contributed by atoms with Crippen LogP contribution in [0.1, 0.15) is 46.0 Å². The molecule has 0 spiro atoms. The molecule has 0 amide bonds. The van der Waals surface area contributed by atoms with Crippen molar-refractivity contribution in [3.8, 4) is 11.1 Å². The summed E-state index contributed by atoms with van der Waals surface area (Å²) in [5.41, 5.74) is 2.04. The molecule has 0 radical (unpaired) electrons. The highest BCUT2D eigenvalue weighted by atomic mass is 16.5. The molecular weight excluding hydrogens is 330 g/mol. The molecule has 3 aromatic rings. The molecule has 2 aromatic carbocycles. The van der Waals surface area contributed by atoms with E-state index in [1.807, 2.05) is 6.92 Å². The Morgan fingerprint density at radius 2 is 1.73 bits per heavy atom. The van der Waals surface area contributed by atoms with Crippen molar-refractivity contribution in [3.63, 3.8) is 0 Å². The average molecular weight is 347 g/mol. The van der Waals surface area contributed by atoms with E-state index in [4.69, 9.17) is 4.74 Å². The van der Waals surface area contributed by atoms with Crippen LogP contribution in [0.2, 0.25) is 0 Å². The first-order chi connectivity index (χ1) is 12.6. The summed E-state index contributed by atoms with van der Waals surface area (Å²) < 4.78 is 5.30. The number of ether oxygens (including phenoxy) is 1. The molecule has 0 saturated heterocycles. The Morgan fingerprint density at radius 3 is 2.50 bits per heavy atom. The van der Waals surface area contributed by atoms with Crippen molar-refractivity contribution in [2.75, 3.05) is 6.61 Å². The van der Waals surface area contributed by atoms with E-state index in [-0.39, 0.29) is 18.0 Å². The lowest BCUT2D eigenvalue weighted by Gasteiger charge is -2.21. The number of unbranched alkanes of at least 4 members (excludes halogenated alkanes) is 1. The zero-order valence-electron chi connectivity index (χ0n) is 14.3. The van der Waals surface area contributed by atoms with Crippen LogP contribution in [0.4, 0.5) is 0 Å². The molecule has 0 atom stereocenters. The standard InChI is InChI=1S/C21H17NO4/c1-2-3-11-26-21(25)18-17-12-7-4-5-8-13(12)19(23)14-9-6-10-15(16(14)17)22-20(18)24/h4-10H,2-3,11H2,1H3,(H,22,24). The van der Waals surface area contributed by atoms with Gasteiger partial charge in [0.2, 0.25) is 0 Å². The number of pyridine rings is 1. The van der Waals surface area contributed by atoms with Crippen molar-refractivity contribution >= 4 is 22.7 Å². The van der Waals surface area contributed by atoms with Gasteiger partial charge in [-0.25, -0.2) is 4.79 Å². The van der Waals surface area contributed by atoms with Gasteiger partial charge >= 0.3 is 5.97 Å². The van der Waals surface area contributed by atoms with Gasteiger partial charge in [-0.3, -0.25) is 9.59 Å². The molecule has 0 fully saturated rings. The Labute approximate surface area is 149 Å². The van der Waals surface area contributed by atoms with Gasteiger partial charge in [0.05, 0.1) is 6.61 Å². The van der Waals surface area contributed by atoms with E-state index < -0.39 is 11.5 Å². The average Bonchev–Trinajstić information content (AvgIpc) is 2.65. The molecule has 0 unspecified atom stereocenters. The molecule has 26 heavy (non-hydrogen) atoms. The van der Waals surface area contributed by atoms with Gasteiger partial charge < -0.3 is 9.72 Å². The lowest BCUT2D eigenvalue weighted by atomic mass is 9.82. The second kappa shape index (κ2) is 6.26. The SMILES string of the molecule is CCCCOC(=O)c1c2c3c(cccc3[nH]c1=O)C(=O)c1ccccc1-2. The minimum Gasteiger partial charge on any atom is -0.462 e. The number of hydrogen-bond acceptors (Lipinski definition) is 4.